The lowest BCUT2D eigenvalue weighted by atomic mass is 10.0. The van der Waals surface area contributed by atoms with Gasteiger partial charge in [-0.15, -0.1) is 0 Å². The molecular formula is C16H27N3O. The van der Waals surface area contributed by atoms with Crippen molar-refractivity contribution in [1.82, 2.24) is 15.1 Å². The molecule has 112 valence electrons. The van der Waals surface area contributed by atoms with E-state index in [1.54, 1.807) is 12.1 Å². The predicted octanol–water partition coefficient (Wildman–Crippen LogP) is 1.68. The maximum absolute atomic E-state index is 9.40. The Bertz CT molecular complexity index is 387. The van der Waals surface area contributed by atoms with Crippen LogP contribution < -0.4 is 5.32 Å². The Kier molecular flexibility index (Phi) is 5.83. The molecule has 0 bridgehead atoms. The first-order valence-corrected chi connectivity index (χ1v) is 7.63. The van der Waals surface area contributed by atoms with E-state index in [2.05, 4.69) is 29.1 Å². The second-order valence-corrected chi connectivity index (χ2v) is 5.59. The number of likely N-dealkylation sites (N-methyl/N-ethyl adjacent to an activating group) is 1. The molecule has 0 spiro atoms. The van der Waals surface area contributed by atoms with Gasteiger partial charge in [-0.05, 0) is 31.2 Å². The molecule has 1 fully saturated rings. The minimum absolute atomic E-state index is 0.340. The Balaban J connectivity index is 1.87. The zero-order valence-electron chi connectivity index (χ0n) is 12.7. The molecule has 0 aliphatic carbocycles. The third-order valence-corrected chi connectivity index (χ3v) is 4.18. The number of aromatic hydroxyl groups is 1. The Morgan fingerprint density at radius 1 is 1.25 bits per heavy atom. The molecule has 4 nitrogen and oxygen atoms in total. The minimum Gasteiger partial charge on any atom is -0.508 e. The van der Waals surface area contributed by atoms with Crippen molar-refractivity contribution in [1.29, 1.82) is 0 Å². The van der Waals surface area contributed by atoms with Crippen molar-refractivity contribution < 1.29 is 5.11 Å². The third-order valence-electron chi connectivity index (χ3n) is 4.18. The normalized spacial score (nSPS) is 18.4. The van der Waals surface area contributed by atoms with Gasteiger partial charge in [0.05, 0.1) is 0 Å². The molecule has 0 radical (unpaired) electrons. The van der Waals surface area contributed by atoms with E-state index in [9.17, 15) is 5.11 Å². The highest BCUT2D eigenvalue weighted by molar-refractivity contribution is 5.28. The second kappa shape index (κ2) is 7.62. The van der Waals surface area contributed by atoms with Crippen LogP contribution in [0.4, 0.5) is 0 Å². The average molecular weight is 277 g/mol. The van der Waals surface area contributed by atoms with Gasteiger partial charge in [0.2, 0.25) is 0 Å². The van der Waals surface area contributed by atoms with Crippen molar-refractivity contribution in [3.05, 3.63) is 29.8 Å². The fourth-order valence-corrected chi connectivity index (χ4v) is 2.89. The van der Waals surface area contributed by atoms with Crippen molar-refractivity contribution in [3.8, 4) is 5.75 Å². The number of piperazine rings is 1. The number of hydrogen-bond donors (Lipinski definition) is 2. The Hall–Kier alpha value is -1.10. The quantitative estimate of drug-likeness (QED) is 0.830. The lowest BCUT2D eigenvalue weighted by Crippen LogP contribution is -2.46. The first-order valence-electron chi connectivity index (χ1n) is 7.63. The van der Waals surface area contributed by atoms with Gasteiger partial charge in [-0.25, -0.2) is 0 Å². The number of phenolic OH excluding ortho intramolecular Hbond substituents is 1. The molecular weight excluding hydrogens is 250 g/mol. The third kappa shape index (κ3) is 4.20. The summed E-state index contributed by atoms with van der Waals surface area (Å²) in [5.41, 5.74) is 1.29. The second-order valence-electron chi connectivity index (χ2n) is 5.59. The molecule has 20 heavy (non-hydrogen) atoms. The van der Waals surface area contributed by atoms with Gasteiger partial charge in [-0.3, -0.25) is 9.80 Å². The largest absolute Gasteiger partial charge is 0.508 e. The first-order chi connectivity index (χ1) is 9.70. The predicted molar refractivity (Wildman–Crippen MR) is 83.1 cm³/mol. The van der Waals surface area contributed by atoms with Gasteiger partial charge < -0.3 is 10.4 Å². The molecule has 0 aromatic heterocycles. The smallest absolute Gasteiger partial charge is 0.115 e. The van der Waals surface area contributed by atoms with Crippen LogP contribution in [-0.2, 0) is 0 Å². The molecule has 0 amide bonds. The molecule has 0 saturated carbocycles. The maximum atomic E-state index is 9.40. The molecule has 1 aliphatic rings. The maximum Gasteiger partial charge on any atom is 0.115 e. The summed E-state index contributed by atoms with van der Waals surface area (Å²) in [6, 6.07) is 8.05. The molecule has 1 aliphatic heterocycles. The summed E-state index contributed by atoms with van der Waals surface area (Å²) in [5.74, 6) is 0.340. The summed E-state index contributed by atoms with van der Waals surface area (Å²) in [5, 5.41) is 12.8. The Morgan fingerprint density at radius 2 is 1.90 bits per heavy atom. The van der Waals surface area contributed by atoms with Gasteiger partial charge >= 0.3 is 0 Å². The van der Waals surface area contributed by atoms with E-state index < -0.39 is 0 Å². The molecule has 2 N–H and O–H groups in total. The summed E-state index contributed by atoms with van der Waals surface area (Å²) >= 11 is 0. The standard InChI is InChI=1S/C16H27N3O/c1-3-16(14-4-6-15(20)7-5-14)18(2)12-13-19-10-8-17-9-11-19/h4-7,16-17,20H,3,8-13H2,1-2H3. The molecule has 1 aromatic rings. The van der Waals surface area contributed by atoms with Crippen LogP contribution in [-0.4, -0.2) is 61.2 Å². The summed E-state index contributed by atoms with van der Waals surface area (Å²) in [6.07, 6.45) is 1.09. The van der Waals surface area contributed by atoms with Crippen molar-refractivity contribution in [2.24, 2.45) is 0 Å². The van der Waals surface area contributed by atoms with E-state index >= 15 is 0 Å². The average Bonchev–Trinajstić information content (AvgIpc) is 2.49. The van der Waals surface area contributed by atoms with Crippen molar-refractivity contribution in [3.63, 3.8) is 0 Å². The summed E-state index contributed by atoms with van der Waals surface area (Å²) < 4.78 is 0. The monoisotopic (exact) mass is 277 g/mol. The van der Waals surface area contributed by atoms with Crippen LogP contribution in [0.3, 0.4) is 0 Å². The highest BCUT2D eigenvalue weighted by atomic mass is 16.3. The lowest BCUT2D eigenvalue weighted by molar-refractivity contribution is 0.174. The van der Waals surface area contributed by atoms with Crippen LogP contribution in [0.2, 0.25) is 0 Å². The molecule has 1 aromatic carbocycles. The number of phenols is 1. The fourth-order valence-electron chi connectivity index (χ4n) is 2.89. The number of hydrogen-bond acceptors (Lipinski definition) is 4. The fraction of sp³-hybridized carbons (Fsp3) is 0.625. The number of nitrogens with one attached hydrogen (secondary N) is 1. The molecule has 4 heteroatoms. The molecule has 1 saturated heterocycles. The van der Waals surface area contributed by atoms with Crippen LogP contribution in [0, 0.1) is 0 Å². The molecule has 1 atom stereocenters. The SMILES string of the molecule is CCC(c1ccc(O)cc1)N(C)CCN1CCNCC1. The van der Waals surface area contributed by atoms with Gasteiger partial charge in [0.25, 0.3) is 0 Å². The Morgan fingerprint density at radius 3 is 2.50 bits per heavy atom. The number of nitrogens with zero attached hydrogens (tertiary/aromatic N) is 2. The summed E-state index contributed by atoms with van der Waals surface area (Å²) in [4.78, 5) is 4.95. The van der Waals surface area contributed by atoms with Crippen molar-refractivity contribution in [2.75, 3.05) is 46.3 Å². The zero-order chi connectivity index (χ0) is 14.4. The summed E-state index contributed by atoms with van der Waals surface area (Å²) in [6.45, 7) is 8.97. The topological polar surface area (TPSA) is 38.7 Å². The van der Waals surface area contributed by atoms with Crippen LogP contribution in [0.15, 0.2) is 24.3 Å². The van der Waals surface area contributed by atoms with Crippen LogP contribution in [0.1, 0.15) is 24.9 Å². The van der Waals surface area contributed by atoms with Crippen molar-refractivity contribution in [2.45, 2.75) is 19.4 Å². The molecule has 2 rings (SSSR count). The lowest BCUT2D eigenvalue weighted by Gasteiger charge is -2.32. The highest BCUT2D eigenvalue weighted by Crippen LogP contribution is 2.24. The summed E-state index contributed by atoms with van der Waals surface area (Å²) in [7, 11) is 2.20. The van der Waals surface area contributed by atoms with E-state index in [-0.39, 0.29) is 0 Å². The van der Waals surface area contributed by atoms with Gasteiger partial charge in [-0.1, -0.05) is 19.1 Å². The van der Waals surface area contributed by atoms with Gasteiger partial charge in [0.1, 0.15) is 5.75 Å². The first kappa shape index (κ1) is 15.3. The van der Waals surface area contributed by atoms with Crippen LogP contribution in [0.5, 0.6) is 5.75 Å². The number of benzene rings is 1. The van der Waals surface area contributed by atoms with E-state index in [4.69, 9.17) is 0 Å². The van der Waals surface area contributed by atoms with E-state index in [0.29, 0.717) is 11.8 Å². The number of rotatable bonds is 6. The van der Waals surface area contributed by atoms with E-state index in [1.165, 1.54) is 5.56 Å². The Labute approximate surface area is 122 Å². The van der Waals surface area contributed by atoms with Gasteiger partial charge in [0, 0.05) is 45.3 Å². The minimum atomic E-state index is 0.340. The van der Waals surface area contributed by atoms with E-state index in [1.807, 2.05) is 12.1 Å². The van der Waals surface area contributed by atoms with Crippen molar-refractivity contribution >= 4 is 0 Å². The van der Waals surface area contributed by atoms with Gasteiger partial charge in [-0.2, -0.15) is 0 Å². The van der Waals surface area contributed by atoms with Crippen LogP contribution in [0.25, 0.3) is 0 Å². The van der Waals surface area contributed by atoms with Crippen LogP contribution >= 0.6 is 0 Å². The van der Waals surface area contributed by atoms with Gasteiger partial charge in [0.15, 0.2) is 0 Å². The highest BCUT2D eigenvalue weighted by Gasteiger charge is 2.16. The molecule has 1 heterocycles. The molecule has 1 unspecified atom stereocenters. The van der Waals surface area contributed by atoms with E-state index in [0.717, 1.165) is 45.7 Å². The zero-order valence-corrected chi connectivity index (χ0v) is 12.7.